The van der Waals surface area contributed by atoms with Crippen LogP contribution < -0.4 is 16.8 Å². The van der Waals surface area contributed by atoms with Crippen molar-refractivity contribution in [3.63, 3.8) is 0 Å². The largest absolute Gasteiger partial charge is 0.419 e. The number of carbonyl (C=O) groups excluding carboxylic acids is 1. The van der Waals surface area contributed by atoms with Crippen molar-refractivity contribution in [1.82, 2.24) is 14.8 Å². The normalized spacial score (nSPS) is 16.3. The number of likely N-dealkylation sites (N-methyl/N-ethyl adjacent to an activating group) is 1. The molecule has 0 saturated heterocycles. The van der Waals surface area contributed by atoms with E-state index in [1.54, 1.807) is 18.6 Å². The summed E-state index contributed by atoms with van der Waals surface area (Å²) in [4.78, 5) is 27.5. The highest BCUT2D eigenvalue weighted by Gasteiger charge is 2.39. The maximum atomic E-state index is 12.9. The Morgan fingerprint density at radius 1 is 1.23 bits per heavy atom. The second-order valence-corrected chi connectivity index (χ2v) is 10.8. The zero-order valence-corrected chi connectivity index (χ0v) is 23.1. The molecule has 3 aromatic rings. The van der Waals surface area contributed by atoms with Gasteiger partial charge in [0.05, 0.1) is 23.7 Å². The van der Waals surface area contributed by atoms with Crippen molar-refractivity contribution < 1.29 is 13.9 Å². The number of ether oxygens (including phenoxy) is 1. The lowest BCUT2D eigenvalue weighted by molar-refractivity contribution is -0.128. The first-order valence-electron chi connectivity index (χ1n) is 13.6. The van der Waals surface area contributed by atoms with Gasteiger partial charge >= 0.3 is 5.76 Å². The molecule has 4 rings (SSSR count). The van der Waals surface area contributed by atoms with Crippen LogP contribution in [0.1, 0.15) is 38.2 Å². The number of nitriles is 1. The Labute approximate surface area is 229 Å². The molecular formula is C30H39N5O4. The number of nitrogens with one attached hydrogen (secondary N) is 1. The molecule has 1 unspecified atom stereocenters. The van der Waals surface area contributed by atoms with Crippen molar-refractivity contribution in [1.29, 1.82) is 5.26 Å². The quantitative estimate of drug-likeness (QED) is 0.366. The molecule has 0 bridgehead atoms. The van der Waals surface area contributed by atoms with Crippen LogP contribution in [0.4, 0.5) is 0 Å². The van der Waals surface area contributed by atoms with Crippen molar-refractivity contribution in [3.8, 4) is 17.2 Å². The summed E-state index contributed by atoms with van der Waals surface area (Å²) >= 11 is 0. The van der Waals surface area contributed by atoms with Gasteiger partial charge in [-0.05, 0) is 61.6 Å². The van der Waals surface area contributed by atoms with Crippen LogP contribution in [0, 0.1) is 17.2 Å². The first-order valence-corrected chi connectivity index (χ1v) is 13.6. The molecule has 1 aromatic heterocycles. The predicted molar refractivity (Wildman–Crippen MR) is 151 cm³/mol. The molecule has 1 fully saturated rings. The van der Waals surface area contributed by atoms with Crippen molar-refractivity contribution in [2.24, 2.45) is 11.7 Å². The lowest BCUT2D eigenvalue weighted by Gasteiger charge is -2.31. The third-order valence-electron chi connectivity index (χ3n) is 7.93. The van der Waals surface area contributed by atoms with Crippen LogP contribution >= 0.6 is 0 Å². The van der Waals surface area contributed by atoms with Crippen LogP contribution in [0.2, 0.25) is 0 Å². The molecule has 1 aliphatic carbocycles. The topological polar surface area (TPSA) is 127 Å². The van der Waals surface area contributed by atoms with Gasteiger partial charge < -0.3 is 25.1 Å². The standard InChI is InChI=1S/C30H39N5O4/c1-30(32,24-6-4-5-7-24)28(36)33-25(20-31)18-21-8-10-22(11-9-21)23-12-13-27-26(19-23)35(29(37)39-27)15-14-34(2)16-17-38-3/h8-13,19,24-25H,4-7,14-18,32H2,1-3H3,(H,33,36)/t25-,30?/m0/s1. The third-order valence-corrected chi connectivity index (χ3v) is 7.93. The Morgan fingerprint density at radius 2 is 1.92 bits per heavy atom. The number of hydrogen-bond acceptors (Lipinski definition) is 7. The summed E-state index contributed by atoms with van der Waals surface area (Å²) in [6.07, 6.45) is 4.48. The summed E-state index contributed by atoms with van der Waals surface area (Å²) in [5.74, 6) is -0.484. The minimum Gasteiger partial charge on any atom is -0.408 e. The lowest BCUT2D eigenvalue weighted by Crippen LogP contribution is -2.58. The van der Waals surface area contributed by atoms with Gasteiger partial charge in [0, 0.05) is 33.2 Å². The van der Waals surface area contributed by atoms with E-state index in [1.807, 2.05) is 49.5 Å². The van der Waals surface area contributed by atoms with Crippen LogP contribution in [-0.2, 0) is 22.5 Å². The molecular weight excluding hydrogens is 494 g/mol. The number of benzene rings is 2. The Balaban J connectivity index is 1.43. The van der Waals surface area contributed by atoms with Gasteiger partial charge in [0.15, 0.2) is 5.58 Å². The van der Waals surface area contributed by atoms with Crippen LogP contribution in [0.15, 0.2) is 51.7 Å². The van der Waals surface area contributed by atoms with E-state index in [9.17, 15) is 14.9 Å². The third kappa shape index (κ3) is 6.77. The molecule has 39 heavy (non-hydrogen) atoms. The Hall–Kier alpha value is -3.45. The number of aromatic nitrogens is 1. The highest BCUT2D eigenvalue weighted by molar-refractivity contribution is 5.86. The fourth-order valence-corrected chi connectivity index (χ4v) is 5.31. The minimum absolute atomic E-state index is 0.150. The summed E-state index contributed by atoms with van der Waals surface area (Å²) < 4.78 is 12.2. The monoisotopic (exact) mass is 533 g/mol. The van der Waals surface area contributed by atoms with Crippen LogP contribution in [-0.4, -0.2) is 60.8 Å². The fraction of sp³-hybridized carbons (Fsp3) is 0.500. The average Bonchev–Trinajstić information content (AvgIpc) is 3.58. The molecule has 3 N–H and O–H groups in total. The number of carbonyl (C=O) groups is 1. The van der Waals surface area contributed by atoms with Gasteiger partial charge in [-0.15, -0.1) is 0 Å². The molecule has 208 valence electrons. The molecule has 0 radical (unpaired) electrons. The molecule has 1 amide bonds. The summed E-state index contributed by atoms with van der Waals surface area (Å²) in [6.45, 7) is 4.39. The van der Waals surface area contributed by atoms with E-state index in [2.05, 4.69) is 16.3 Å². The highest BCUT2D eigenvalue weighted by atomic mass is 16.5. The molecule has 1 saturated carbocycles. The van der Waals surface area contributed by atoms with Crippen molar-refractivity contribution in [2.45, 2.75) is 57.2 Å². The van der Waals surface area contributed by atoms with Gasteiger partial charge in [-0.2, -0.15) is 5.26 Å². The van der Waals surface area contributed by atoms with E-state index < -0.39 is 11.6 Å². The maximum Gasteiger partial charge on any atom is 0.419 e. The minimum atomic E-state index is -0.971. The average molecular weight is 534 g/mol. The first-order chi connectivity index (χ1) is 18.7. The second-order valence-electron chi connectivity index (χ2n) is 10.8. The van der Waals surface area contributed by atoms with E-state index in [-0.39, 0.29) is 17.6 Å². The summed E-state index contributed by atoms with van der Waals surface area (Å²) in [5.41, 5.74) is 9.60. The van der Waals surface area contributed by atoms with Gasteiger partial charge in [-0.25, -0.2) is 4.79 Å². The van der Waals surface area contributed by atoms with E-state index in [4.69, 9.17) is 14.9 Å². The SMILES string of the molecule is COCCN(C)CCn1c(=O)oc2ccc(-c3ccc(C[C@@H](C#N)NC(=O)C(C)(N)C4CCCC4)cc3)cc21. The van der Waals surface area contributed by atoms with E-state index in [0.717, 1.165) is 54.4 Å². The van der Waals surface area contributed by atoms with E-state index >= 15 is 0 Å². The number of oxazole rings is 1. The zero-order chi connectivity index (χ0) is 28.0. The lowest BCUT2D eigenvalue weighted by atomic mass is 9.84. The predicted octanol–water partition coefficient (Wildman–Crippen LogP) is 3.30. The fourth-order valence-electron chi connectivity index (χ4n) is 5.31. The summed E-state index contributed by atoms with van der Waals surface area (Å²) in [5, 5.41) is 12.6. The first kappa shape index (κ1) is 28.6. The molecule has 2 atom stereocenters. The Kier molecular flexibility index (Phi) is 9.23. The van der Waals surface area contributed by atoms with Crippen LogP contribution in [0.3, 0.4) is 0 Å². The molecule has 0 spiro atoms. The molecule has 1 aliphatic rings. The number of nitrogens with zero attached hydrogens (tertiary/aromatic N) is 3. The van der Waals surface area contributed by atoms with E-state index in [1.165, 1.54) is 0 Å². The zero-order valence-electron chi connectivity index (χ0n) is 23.1. The van der Waals surface area contributed by atoms with Gasteiger partial charge in [-0.1, -0.05) is 43.2 Å². The number of fused-ring (bicyclic) bond motifs is 1. The van der Waals surface area contributed by atoms with Crippen LogP contribution in [0.5, 0.6) is 0 Å². The van der Waals surface area contributed by atoms with Gasteiger partial charge in [0.1, 0.15) is 6.04 Å². The number of methoxy groups -OCH3 is 1. The highest BCUT2D eigenvalue weighted by Crippen LogP contribution is 2.33. The molecule has 9 heteroatoms. The number of hydrogen-bond donors (Lipinski definition) is 2. The number of rotatable bonds is 12. The Bertz CT molecular complexity index is 1360. The van der Waals surface area contributed by atoms with Gasteiger partial charge in [-0.3, -0.25) is 9.36 Å². The Morgan fingerprint density at radius 3 is 2.59 bits per heavy atom. The van der Waals surface area contributed by atoms with Gasteiger partial charge in [0.2, 0.25) is 5.91 Å². The van der Waals surface area contributed by atoms with E-state index in [0.29, 0.717) is 31.7 Å². The van der Waals surface area contributed by atoms with Gasteiger partial charge in [0.25, 0.3) is 0 Å². The van der Waals surface area contributed by atoms with Crippen LogP contribution in [0.25, 0.3) is 22.2 Å². The smallest absolute Gasteiger partial charge is 0.408 e. The molecule has 2 aromatic carbocycles. The maximum absolute atomic E-state index is 12.9. The summed E-state index contributed by atoms with van der Waals surface area (Å²) in [7, 11) is 3.66. The molecule has 1 heterocycles. The van der Waals surface area contributed by atoms with Crippen molar-refractivity contribution in [2.75, 3.05) is 33.9 Å². The number of nitrogens with two attached hydrogens (primary N) is 1. The molecule has 0 aliphatic heterocycles. The van der Waals surface area contributed by atoms with Crippen molar-refractivity contribution in [3.05, 3.63) is 58.6 Å². The second kappa shape index (κ2) is 12.6. The number of amides is 1. The molecule has 9 nitrogen and oxygen atoms in total. The van der Waals surface area contributed by atoms with Crippen molar-refractivity contribution >= 4 is 17.0 Å². The summed E-state index contributed by atoms with van der Waals surface area (Å²) in [6, 6.07) is 15.2.